The summed E-state index contributed by atoms with van der Waals surface area (Å²) < 4.78 is 11.5. The SMILES string of the molecule is CCCC(CC(C)CC(C)C)C1OCC(CO)O1. The average molecular weight is 258 g/mol. The summed E-state index contributed by atoms with van der Waals surface area (Å²) in [4.78, 5) is 0. The van der Waals surface area contributed by atoms with Gasteiger partial charge in [-0.1, -0.05) is 34.1 Å². The van der Waals surface area contributed by atoms with Gasteiger partial charge in [-0.25, -0.2) is 0 Å². The van der Waals surface area contributed by atoms with E-state index in [1.54, 1.807) is 0 Å². The van der Waals surface area contributed by atoms with Gasteiger partial charge in [-0.3, -0.25) is 0 Å². The van der Waals surface area contributed by atoms with E-state index in [2.05, 4.69) is 27.7 Å². The molecule has 3 heteroatoms. The van der Waals surface area contributed by atoms with Crippen LogP contribution in [0, 0.1) is 17.8 Å². The number of rotatable bonds is 8. The third-order valence-corrected chi connectivity index (χ3v) is 3.60. The molecule has 0 aromatic rings. The van der Waals surface area contributed by atoms with E-state index in [0.29, 0.717) is 18.4 Å². The van der Waals surface area contributed by atoms with Gasteiger partial charge in [0.05, 0.1) is 13.2 Å². The number of hydrogen-bond acceptors (Lipinski definition) is 3. The summed E-state index contributed by atoms with van der Waals surface area (Å²) in [6, 6.07) is 0. The van der Waals surface area contributed by atoms with Crippen molar-refractivity contribution in [1.82, 2.24) is 0 Å². The van der Waals surface area contributed by atoms with Crippen molar-refractivity contribution in [3.05, 3.63) is 0 Å². The quantitative estimate of drug-likeness (QED) is 0.726. The molecule has 1 rings (SSSR count). The van der Waals surface area contributed by atoms with Gasteiger partial charge in [0.15, 0.2) is 6.29 Å². The molecule has 4 unspecified atom stereocenters. The molecule has 1 N–H and O–H groups in total. The Morgan fingerprint density at radius 3 is 2.44 bits per heavy atom. The van der Waals surface area contributed by atoms with E-state index in [4.69, 9.17) is 14.6 Å². The van der Waals surface area contributed by atoms with Gasteiger partial charge in [0, 0.05) is 5.92 Å². The van der Waals surface area contributed by atoms with Crippen molar-refractivity contribution < 1.29 is 14.6 Å². The van der Waals surface area contributed by atoms with Crippen LogP contribution in [0.2, 0.25) is 0 Å². The molecule has 0 spiro atoms. The van der Waals surface area contributed by atoms with E-state index in [9.17, 15) is 0 Å². The Hall–Kier alpha value is -0.120. The fraction of sp³-hybridized carbons (Fsp3) is 1.00. The lowest BCUT2D eigenvalue weighted by Gasteiger charge is -2.26. The van der Waals surface area contributed by atoms with Crippen molar-refractivity contribution in [2.45, 2.75) is 65.8 Å². The van der Waals surface area contributed by atoms with Gasteiger partial charge < -0.3 is 14.6 Å². The molecule has 0 radical (unpaired) electrons. The number of aliphatic hydroxyl groups excluding tert-OH is 1. The van der Waals surface area contributed by atoms with E-state index in [1.807, 2.05) is 0 Å². The van der Waals surface area contributed by atoms with Crippen LogP contribution in [0.3, 0.4) is 0 Å². The summed E-state index contributed by atoms with van der Waals surface area (Å²) in [6.07, 6.45) is 4.51. The zero-order chi connectivity index (χ0) is 13.5. The Balaban J connectivity index is 2.44. The van der Waals surface area contributed by atoms with Crippen LogP contribution < -0.4 is 0 Å². The van der Waals surface area contributed by atoms with Gasteiger partial charge in [0.25, 0.3) is 0 Å². The average Bonchev–Trinajstić information content (AvgIpc) is 2.75. The van der Waals surface area contributed by atoms with Crippen LogP contribution in [0.25, 0.3) is 0 Å². The summed E-state index contributed by atoms with van der Waals surface area (Å²) in [5.74, 6) is 1.93. The first-order valence-corrected chi connectivity index (χ1v) is 7.44. The molecule has 1 aliphatic rings. The second-order valence-corrected chi connectivity index (χ2v) is 6.16. The highest BCUT2D eigenvalue weighted by Crippen LogP contribution is 2.30. The maximum atomic E-state index is 9.09. The van der Waals surface area contributed by atoms with Crippen LogP contribution >= 0.6 is 0 Å². The fourth-order valence-corrected chi connectivity index (χ4v) is 2.97. The summed E-state index contributed by atoms with van der Waals surface area (Å²) in [5.41, 5.74) is 0. The smallest absolute Gasteiger partial charge is 0.161 e. The third-order valence-electron chi connectivity index (χ3n) is 3.60. The topological polar surface area (TPSA) is 38.7 Å². The number of aliphatic hydroxyl groups is 1. The van der Waals surface area contributed by atoms with E-state index in [1.165, 1.54) is 6.42 Å². The largest absolute Gasteiger partial charge is 0.394 e. The fourth-order valence-electron chi connectivity index (χ4n) is 2.97. The lowest BCUT2D eigenvalue weighted by atomic mass is 9.87. The first-order chi connectivity index (χ1) is 8.56. The summed E-state index contributed by atoms with van der Waals surface area (Å²) >= 11 is 0. The lowest BCUT2D eigenvalue weighted by molar-refractivity contribution is -0.109. The monoisotopic (exact) mass is 258 g/mol. The normalized spacial score (nSPS) is 27.7. The Labute approximate surface area is 112 Å². The molecule has 0 saturated carbocycles. The molecular formula is C15H30O3. The summed E-state index contributed by atoms with van der Waals surface area (Å²) in [7, 11) is 0. The lowest BCUT2D eigenvalue weighted by Crippen LogP contribution is -2.25. The molecule has 0 bridgehead atoms. The number of ether oxygens (including phenoxy) is 2. The molecule has 0 aromatic carbocycles. The second kappa shape index (κ2) is 8.13. The van der Waals surface area contributed by atoms with Crippen molar-refractivity contribution >= 4 is 0 Å². The highest BCUT2D eigenvalue weighted by Gasteiger charge is 2.32. The highest BCUT2D eigenvalue weighted by molar-refractivity contribution is 4.73. The van der Waals surface area contributed by atoms with Crippen molar-refractivity contribution in [1.29, 1.82) is 0 Å². The predicted molar refractivity (Wildman–Crippen MR) is 73.3 cm³/mol. The summed E-state index contributed by atoms with van der Waals surface area (Å²) in [5, 5.41) is 9.09. The molecule has 4 atom stereocenters. The molecule has 18 heavy (non-hydrogen) atoms. The van der Waals surface area contributed by atoms with Crippen LogP contribution in [0.1, 0.15) is 53.4 Å². The van der Waals surface area contributed by atoms with E-state index < -0.39 is 0 Å². The Kier molecular flexibility index (Phi) is 7.20. The molecule has 108 valence electrons. The Bertz CT molecular complexity index is 218. The predicted octanol–water partition coefficient (Wildman–Crippen LogP) is 3.21. The third kappa shape index (κ3) is 5.25. The highest BCUT2D eigenvalue weighted by atomic mass is 16.7. The molecule has 0 amide bonds. The number of hydrogen-bond donors (Lipinski definition) is 1. The Morgan fingerprint density at radius 2 is 1.94 bits per heavy atom. The van der Waals surface area contributed by atoms with Crippen LogP contribution in [0.15, 0.2) is 0 Å². The molecule has 0 aromatic heterocycles. The van der Waals surface area contributed by atoms with Gasteiger partial charge in [-0.05, 0) is 31.1 Å². The van der Waals surface area contributed by atoms with Crippen LogP contribution in [-0.4, -0.2) is 30.7 Å². The van der Waals surface area contributed by atoms with Crippen molar-refractivity contribution in [2.75, 3.05) is 13.2 Å². The molecule has 1 aliphatic heterocycles. The van der Waals surface area contributed by atoms with E-state index in [0.717, 1.165) is 25.2 Å². The molecule has 1 saturated heterocycles. The minimum Gasteiger partial charge on any atom is -0.394 e. The minimum absolute atomic E-state index is 0.0664. The zero-order valence-corrected chi connectivity index (χ0v) is 12.4. The van der Waals surface area contributed by atoms with Crippen molar-refractivity contribution in [3.63, 3.8) is 0 Å². The van der Waals surface area contributed by atoms with Gasteiger partial charge >= 0.3 is 0 Å². The van der Waals surface area contributed by atoms with Crippen LogP contribution in [-0.2, 0) is 9.47 Å². The van der Waals surface area contributed by atoms with Crippen molar-refractivity contribution in [2.24, 2.45) is 17.8 Å². The zero-order valence-electron chi connectivity index (χ0n) is 12.4. The molecule has 1 heterocycles. The van der Waals surface area contributed by atoms with E-state index in [-0.39, 0.29) is 19.0 Å². The van der Waals surface area contributed by atoms with Gasteiger partial charge in [0.1, 0.15) is 6.10 Å². The standard InChI is InChI=1S/C15H30O3/c1-5-6-13(8-12(4)7-11(2)3)15-17-10-14(9-16)18-15/h11-16H,5-10H2,1-4H3. The van der Waals surface area contributed by atoms with Gasteiger partial charge in [-0.2, -0.15) is 0 Å². The summed E-state index contributed by atoms with van der Waals surface area (Å²) in [6.45, 7) is 9.68. The molecule has 1 fully saturated rings. The molecule has 3 nitrogen and oxygen atoms in total. The van der Waals surface area contributed by atoms with Gasteiger partial charge in [-0.15, -0.1) is 0 Å². The Morgan fingerprint density at radius 1 is 1.22 bits per heavy atom. The van der Waals surface area contributed by atoms with Crippen molar-refractivity contribution in [3.8, 4) is 0 Å². The molecular weight excluding hydrogens is 228 g/mol. The molecule has 0 aliphatic carbocycles. The maximum absolute atomic E-state index is 9.09. The maximum Gasteiger partial charge on any atom is 0.161 e. The van der Waals surface area contributed by atoms with E-state index >= 15 is 0 Å². The van der Waals surface area contributed by atoms with Crippen LogP contribution in [0.5, 0.6) is 0 Å². The second-order valence-electron chi connectivity index (χ2n) is 6.16. The minimum atomic E-state index is -0.116. The van der Waals surface area contributed by atoms with Crippen LogP contribution in [0.4, 0.5) is 0 Å². The first-order valence-electron chi connectivity index (χ1n) is 7.44. The van der Waals surface area contributed by atoms with Gasteiger partial charge in [0.2, 0.25) is 0 Å². The first kappa shape index (κ1) is 15.9.